The molecule has 1 fully saturated rings. The molecular weight excluding hydrogens is 318 g/mol. The molecule has 0 spiro atoms. The summed E-state index contributed by atoms with van der Waals surface area (Å²) in [6.07, 6.45) is 9.40. The minimum atomic E-state index is -0.204. The molecule has 1 amide bonds. The third-order valence-corrected chi connectivity index (χ3v) is 4.33. The Bertz CT molecular complexity index is 850. The lowest BCUT2D eigenvalue weighted by Crippen LogP contribution is -2.38. The van der Waals surface area contributed by atoms with Crippen molar-refractivity contribution in [1.29, 1.82) is 0 Å². The SMILES string of the molecule is O=C(c1cccnc1)N1CCCC[C@H]1c1nnc(-c2ccncc2)o1. The third-order valence-electron chi connectivity index (χ3n) is 4.33. The van der Waals surface area contributed by atoms with E-state index in [4.69, 9.17) is 4.42 Å². The fourth-order valence-corrected chi connectivity index (χ4v) is 3.07. The van der Waals surface area contributed by atoms with Crippen LogP contribution < -0.4 is 0 Å². The predicted molar refractivity (Wildman–Crippen MR) is 89.4 cm³/mol. The van der Waals surface area contributed by atoms with E-state index in [0.29, 0.717) is 23.9 Å². The van der Waals surface area contributed by atoms with Gasteiger partial charge >= 0.3 is 0 Å². The van der Waals surface area contributed by atoms with Crippen molar-refractivity contribution in [3.8, 4) is 11.5 Å². The Hall–Kier alpha value is -3.09. The zero-order valence-corrected chi connectivity index (χ0v) is 13.6. The Kier molecular flexibility index (Phi) is 4.20. The van der Waals surface area contributed by atoms with Gasteiger partial charge in [0.2, 0.25) is 11.8 Å². The van der Waals surface area contributed by atoms with E-state index in [1.165, 1.54) is 0 Å². The Morgan fingerprint density at radius 2 is 1.96 bits per heavy atom. The van der Waals surface area contributed by atoms with Crippen LogP contribution in [0.5, 0.6) is 0 Å². The number of pyridine rings is 2. The van der Waals surface area contributed by atoms with Gasteiger partial charge in [-0.3, -0.25) is 14.8 Å². The van der Waals surface area contributed by atoms with Crippen LogP contribution in [-0.4, -0.2) is 37.5 Å². The second-order valence-electron chi connectivity index (χ2n) is 5.93. The van der Waals surface area contributed by atoms with Gasteiger partial charge < -0.3 is 9.32 Å². The fraction of sp³-hybridized carbons (Fsp3) is 0.278. The van der Waals surface area contributed by atoms with Crippen LogP contribution in [0.4, 0.5) is 0 Å². The first-order valence-electron chi connectivity index (χ1n) is 8.28. The number of amides is 1. The van der Waals surface area contributed by atoms with Crippen molar-refractivity contribution < 1.29 is 9.21 Å². The summed E-state index contributed by atoms with van der Waals surface area (Å²) in [5.41, 5.74) is 1.39. The Balaban J connectivity index is 1.62. The number of nitrogens with zero attached hydrogens (tertiary/aromatic N) is 5. The van der Waals surface area contributed by atoms with E-state index in [0.717, 1.165) is 24.8 Å². The number of carbonyl (C=O) groups excluding carboxylic acids is 1. The first-order chi connectivity index (χ1) is 12.3. The third kappa shape index (κ3) is 3.13. The average molecular weight is 335 g/mol. The summed E-state index contributed by atoms with van der Waals surface area (Å²) in [7, 11) is 0. The normalized spacial score (nSPS) is 17.4. The van der Waals surface area contributed by atoms with Gasteiger partial charge in [-0.25, -0.2) is 0 Å². The molecule has 0 N–H and O–H groups in total. The molecule has 7 heteroatoms. The summed E-state index contributed by atoms with van der Waals surface area (Å²) in [5, 5.41) is 8.33. The van der Waals surface area contributed by atoms with Crippen LogP contribution in [0, 0.1) is 0 Å². The van der Waals surface area contributed by atoms with E-state index in [-0.39, 0.29) is 11.9 Å². The molecule has 0 unspecified atom stereocenters. The minimum Gasteiger partial charge on any atom is -0.418 e. The molecule has 0 aliphatic carbocycles. The Morgan fingerprint density at radius 1 is 1.08 bits per heavy atom. The molecular formula is C18H17N5O2. The second-order valence-corrected chi connectivity index (χ2v) is 5.93. The fourth-order valence-electron chi connectivity index (χ4n) is 3.07. The van der Waals surface area contributed by atoms with Crippen molar-refractivity contribution in [2.24, 2.45) is 0 Å². The van der Waals surface area contributed by atoms with Crippen molar-refractivity contribution in [2.75, 3.05) is 6.54 Å². The highest BCUT2D eigenvalue weighted by atomic mass is 16.4. The maximum absolute atomic E-state index is 12.8. The van der Waals surface area contributed by atoms with Gasteiger partial charge in [0.05, 0.1) is 5.56 Å². The lowest BCUT2D eigenvalue weighted by Gasteiger charge is -2.33. The van der Waals surface area contributed by atoms with Crippen molar-refractivity contribution in [2.45, 2.75) is 25.3 Å². The van der Waals surface area contributed by atoms with E-state index in [2.05, 4.69) is 20.2 Å². The number of rotatable bonds is 3. The standard InChI is InChI=1S/C18H17N5O2/c24-18(14-4-3-8-20-12-14)23-11-2-1-5-15(23)17-22-21-16(25-17)13-6-9-19-10-7-13/h3-4,6-10,12,15H,1-2,5,11H2/t15-/m0/s1. The largest absolute Gasteiger partial charge is 0.418 e. The van der Waals surface area contributed by atoms with Gasteiger partial charge in [-0.15, -0.1) is 10.2 Å². The average Bonchev–Trinajstić information content (AvgIpc) is 3.19. The van der Waals surface area contributed by atoms with Gasteiger partial charge in [0.15, 0.2) is 0 Å². The summed E-state index contributed by atoms with van der Waals surface area (Å²) >= 11 is 0. The molecule has 1 aliphatic heterocycles. The van der Waals surface area contributed by atoms with Gasteiger partial charge in [0, 0.05) is 36.9 Å². The highest BCUT2D eigenvalue weighted by Crippen LogP contribution is 2.32. The van der Waals surface area contributed by atoms with E-state index in [9.17, 15) is 4.79 Å². The van der Waals surface area contributed by atoms with Crippen LogP contribution in [0.25, 0.3) is 11.5 Å². The highest BCUT2D eigenvalue weighted by Gasteiger charge is 2.32. The zero-order chi connectivity index (χ0) is 17.1. The first-order valence-corrected chi connectivity index (χ1v) is 8.28. The molecule has 1 saturated heterocycles. The number of hydrogen-bond donors (Lipinski definition) is 0. The number of hydrogen-bond acceptors (Lipinski definition) is 6. The van der Waals surface area contributed by atoms with E-state index < -0.39 is 0 Å². The van der Waals surface area contributed by atoms with Crippen molar-refractivity contribution >= 4 is 5.91 Å². The highest BCUT2D eigenvalue weighted by molar-refractivity contribution is 5.94. The summed E-state index contributed by atoms with van der Waals surface area (Å²) in [5.74, 6) is 0.863. The van der Waals surface area contributed by atoms with Crippen molar-refractivity contribution in [1.82, 2.24) is 25.1 Å². The molecule has 0 aromatic carbocycles. The summed E-state index contributed by atoms with van der Waals surface area (Å²) in [6.45, 7) is 0.672. The van der Waals surface area contributed by atoms with Gasteiger partial charge in [-0.2, -0.15) is 0 Å². The summed E-state index contributed by atoms with van der Waals surface area (Å²) in [4.78, 5) is 22.7. The van der Waals surface area contributed by atoms with Crippen LogP contribution in [0.15, 0.2) is 53.5 Å². The molecule has 3 aromatic rings. The number of piperidine rings is 1. The number of aromatic nitrogens is 4. The smallest absolute Gasteiger partial charge is 0.256 e. The van der Waals surface area contributed by atoms with Crippen LogP contribution >= 0.6 is 0 Å². The van der Waals surface area contributed by atoms with E-state index in [1.807, 2.05) is 17.0 Å². The molecule has 3 aromatic heterocycles. The van der Waals surface area contributed by atoms with Gasteiger partial charge in [0.25, 0.3) is 5.91 Å². The first kappa shape index (κ1) is 15.4. The molecule has 0 bridgehead atoms. The van der Waals surface area contributed by atoms with Crippen LogP contribution in [0.2, 0.25) is 0 Å². The molecule has 126 valence electrons. The number of likely N-dealkylation sites (tertiary alicyclic amines) is 1. The van der Waals surface area contributed by atoms with E-state index >= 15 is 0 Å². The summed E-state index contributed by atoms with van der Waals surface area (Å²) < 4.78 is 5.87. The lowest BCUT2D eigenvalue weighted by atomic mass is 10.0. The predicted octanol–water partition coefficient (Wildman–Crippen LogP) is 2.89. The topological polar surface area (TPSA) is 85.0 Å². The number of carbonyl (C=O) groups is 1. The molecule has 1 aliphatic rings. The van der Waals surface area contributed by atoms with Crippen LogP contribution in [0.1, 0.15) is 41.6 Å². The minimum absolute atomic E-state index is 0.0542. The maximum atomic E-state index is 12.8. The summed E-state index contributed by atoms with van der Waals surface area (Å²) in [6, 6.07) is 6.97. The monoisotopic (exact) mass is 335 g/mol. The van der Waals surface area contributed by atoms with Crippen molar-refractivity contribution in [3.05, 3.63) is 60.5 Å². The second kappa shape index (κ2) is 6.80. The zero-order valence-electron chi connectivity index (χ0n) is 13.6. The molecule has 4 rings (SSSR count). The van der Waals surface area contributed by atoms with Gasteiger partial charge in [-0.1, -0.05) is 0 Å². The van der Waals surface area contributed by atoms with Crippen LogP contribution in [0.3, 0.4) is 0 Å². The molecule has 0 saturated carbocycles. The lowest BCUT2D eigenvalue weighted by molar-refractivity contribution is 0.0572. The van der Waals surface area contributed by atoms with Gasteiger partial charge in [0.1, 0.15) is 6.04 Å². The van der Waals surface area contributed by atoms with Gasteiger partial charge in [-0.05, 0) is 43.5 Å². The molecule has 0 radical (unpaired) electrons. The Morgan fingerprint density at radius 3 is 2.76 bits per heavy atom. The molecule has 1 atom stereocenters. The molecule has 7 nitrogen and oxygen atoms in total. The van der Waals surface area contributed by atoms with E-state index in [1.54, 1.807) is 36.9 Å². The maximum Gasteiger partial charge on any atom is 0.256 e. The van der Waals surface area contributed by atoms with Crippen molar-refractivity contribution in [3.63, 3.8) is 0 Å². The Labute approximate surface area is 144 Å². The molecule has 4 heterocycles. The molecule has 25 heavy (non-hydrogen) atoms. The quantitative estimate of drug-likeness (QED) is 0.731. The van der Waals surface area contributed by atoms with Crippen LogP contribution in [-0.2, 0) is 0 Å².